The molecule has 1 N–H and O–H groups in total. The molecular formula is C12H31N2O6P3. The van der Waals surface area contributed by atoms with Crippen LogP contribution >= 0.6 is 24.7 Å². The smallest absolute Gasteiger partial charge is 0.313 e. The lowest BCUT2D eigenvalue weighted by atomic mass is 10.9. The SMILES string of the molecule is CCOP(N=P(NP(OCC)OCC)(OCC)OCC)OCC. The largest absolute Gasteiger partial charge is 0.322 e. The molecule has 0 fully saturated rings. The molecule has 23 heavy (non-hydrogen) atoms. The van der Waals surface area contributed by atoms with E-state index in [1.807, 2.05) is 41.5 Å². The van der Waals surface area contributed by atoms with Gasteiger partial charge in [0.05, 0.1) is 39.6 Å². The quantitative estimate of drug-likeness (QED) is 0.384. The minimum absolute atomic E-state index is 0.438. The Kier molecular flexibility index (Phi) is 15.6. The molecule has 0 heterocycles. The van der Waals surface area contributed by atoms with Gasteiger partial charge in [-0.05, 0) is 41.5 Å². The highest BCUT2D eigenvalue weighted by Crippen LogP contribution is 2.62. The summed E-state index contributed by atoms with van der Waals surface area (Å²) in [6, 6.07) is 0. The molecule has 0 aromatic rings. The molecule has 0 aromatic carbocycles. The third-order valence-corrected chi connectivity index (χ3v) is 8.33. The zero-order chi connectivity index (χ0) is 17.6. The highest BCUT2D eigenvalue weighted by molar-refractivity contribution is 7.70. The number of nitrogens with one attached hydrogen (secondary N) is 1. The summed E-state index contributed by atoms with van der Waals surface area (Å²) in [4.78, 5) is 3.20. The summed E-state index contributed by atoms with van der Waals surface area (Å²) in [5, 5.41) is 0. The van der Waals surface area contributed by atoms with Gasteiger partial charge in [0, 0.05) is 0 Å². The molecule has 0 saturated carbocycles. The van der Waals surface area contributed by atoms with Crippen molar-refractivity contribution in [3.05, 3.63) is 0 Å². The van der Waals surface area contributed by atoms with Crippen molar-refractivity contribution in [3.8, 4) is 0 Å². The molecule has 0 aliphatic carbocycles. The third kappa shape index (κ3) is 10.4. The molecule has 0 saturated heterocycles. The molecule has 11 heteroatoms. The normalized spacial score (nSPS) is 12.3. The van der Waals surface area contributed by atoms with Crippen molar-refractivity contribution >= 4 is 24.7 Å². The second-order valence-electron chi connectivity index (χ2n) is 3.71. The van der Waals surface area contributed by atoms with Crippen LogP contribution in [-0.4, -0.2) is 39.6 Å². The summed E-state index contributed by atoms with van der Waals surface area (Å²) < 4.78 is 38.6. The average Bonchev–Trinajstić information content (AvgIpc) is 2.49. The Bertz CT molecular complexity index is 316. The fourth-order valence-electron chi connectivity index (χ4n) is 1.36. The van der Waals surface area contributed by atoms with Crippen LogP contribution in [0.25, 0.3) is 0 Å². The highest BCUT2D eigenvalue weighted by Gasteiger charge is 2.30. The van der Waals surface area contributed by atoms with Crippen LogP contribution < -0.4 is 4.86 Å². The summed E-state index contributed by atoms with van der Waals surface area (Å²) in [6.07, 6.45) is 0. The number of hydrogen-bond donors (Lipinski definition) is 1. The Morgan fingerprint density at radius 1 is 0.696 bits per heavy atom. The zero-order valence-electron chi connectivity index (χ0n) is 15.0. The zero-order valence-corrected chi connectivity index (χ0v) is 17.7. The maximum absolute atomic E-state index is 5.84. The van der Waals surface area contributed by atoms with Crippen LogP contribution in [0.4, 0.5) is 0 Å². The minimum atomic E-state index is -2.79. The Balaban J connectivity index is 5.46. The van der Waals surface area contributed by atoms with Gasteiger partial charge in [-0.2, -0.15) is 9.37 Å². The fraction of sp³-hybridized carbons (Fsp3) is 1.00. The second-order valence-corrected chi connectivity index (χ2v) is 8.81. The molecule has 8 nitrogen and oxygen atoms in total. The van der Waals surface area contributed by atoms with Gasteiger partial charge in [-0.25, -0.2) is 0 Å². The van der Waals surface area contributed by atoms with Crippen molar-refractivity contribution in [2.45, 2.75) is 41.5 Å². The molecule has 140 valence electrons. The topological polar surface area (TPSA) is 79.8 Å². The van der Waals surface area contributed by atoms with Gasteiger partial charge in [0.25, 0.3) is 8.53 Å². The lowest BCUT2D eigenvalue weighted by molar-refractivity contribution is 0.238. The highest BCUT2D eigenvalue weighted by atomic mass is 31.3. The first-order chi connectivity index (χ1) is 11.1. The molecule has 0 aliphatic rings. The Labute approximate surface area is 143 Å². The van der Waals surface area contributed by atoms with Crippen molar-refractivity contribution in [1.82, 2.24) is 4.86 Å². The minimum Gasteiger partial charge on any atom is -0.322 e. The predicted octanol–water partition coefficient (Wildman–Crippen LogP) is 5.20. The van der Waals surface area contributed by atoms with E-state index in [-0.39, 0.29) is 0 Å². The van der Waals surface area contributed by atoms with Crippen molar-refractivity contribution in [3.63, 3.8) is 0 Å². The van der Waals surface area contributed by atoms with E-state index in [0.717, 1.165) is 0 Å². The first-order valence-corrected chi connectivity index (χ1v) is 11.8. The molecule has 0 radical (unpaired) electrons. The first kappa shape index (κ1) is 23.8. The second kappa shape index (κ2) is 15.1. The molecule has 0 amide bonds. The van der Waals surface area contributed by atoms with Crippen molar-refractivity contribution < 1.29 is 27.1 Å². The van der Waals surface area contributed by atoms with Crippen LogP contribution in [0.1, 0.15) is 41.5 Å². The maximum Gasteiger partial charge on any atom is 0.313 e. The molecule has 0 rings (SSSR count). The van der Waals surface area contributed by atoms with Gasteiger partial charge in [0.2, 0.25) is 0 Å². The van der Waals surface area contributed by atoms with Gasteiger partial charge in [-0.1, -0.05) is 0 Å². The van der Waals surface area contributed by atoms with Gasteiger partial charge in [-0.15, -0.1) is 0 Å². The van der Waals surface area contributed by atoms with Gasteiger partial charge in [0.15, 0.2) is 0 Å². The summed E-state index contributed by atoms with van der Waals surface area (Å²) in [5.74, 6) is 0. The predicted molar refractivity (Wildman–Crippen MR) is 96.1 cm³/mol. The number of nitrogens with zero attached hydrogens (tertiary/aromatic N) is 1. The first-order valence-electron chi connectivity index (χ1n) is 7.92. The van der Waals surface area contributed by atoms with E-state index in [9.17, 15) is 0 Å². The number of rotatable bonds is 15. The molecule has 0 bridgehead atoms. The van der Waals surface area contributed by atoms with Gasteiger partial charge in [-0.3, -0.25) is 0 Å². The molecule has 0 unspecified atom stereocenters. The fourth-order valence-corrected chi connectivity index (χ4v) is 7.05. The maximum atomic E-state index is 5.84. The lowest BCUT2D eigenvalue weighted by Gasteiger charge is -2.28. The van der Waals surface area contributed by atoms with E-state index in [1.54, 1.807) is 0 Å². The molecule has 0 aromatic heterocycles. The van der Waals surface area contributed by atoms with E-state index in [4.69, 9.17) is 27.1 Å². The van der Waals surface area contributed by atoms with Crippen molar-refractivity contribution in [2.24, 2.45) is 4.52 Å². The van der Waals surface area contributed by atoms with Crippen LogP contribution in [0, 0.1) is 0 Å². The Morgan fingerprint density at radius 3 is 1.48 bits per heavy atom. The van der Waals surface area contributed by atoms with E-state index in [2.05, 4.69) is 9.37 Å². The molecular weight excluding hydrogens is 361 g/mol. The van der Waals surface area contributed by atoms with Gasteiger partial charge in [0.1, 0.15) is 0 Å². The van der Waals surface area contributed by atoms with Gasteiger partial charge < -0.3 is 27.1 Å². The molecule has 0 atom stereocenters. The standard InChI is InChI=1S/C12H31N2O6P3/c1-7-15-21(16-8-2)13-23(19-11-5,20-12-6)14-22(17-9-3)18-10-4/h13H,7-12H2,1-6H3. The van der Waals surface area contributed by atoms with Crippen LogP contribution in [-0.2, 0) is 27.1 Å². The van der Waals surface area contributed by atoms with Crippen LogP contribution in [0.3, 0.4) is 0 Å². The molecule has 0 aliphatic heterocycles. The van der Waals surface area contributed by atoms with Gasteiger partial charge >= 0.3 is 16.2 Å². The van der Waals surface area contributed by atoms with E-state index in [1.165, 1.54) is 0 Å². The molecule has 0 spiro atoms. The summed E-state index contributed by atoms with van der Waals surface area (Å²) in [5.41, 5.74) is 0. The monoisotopic (exact) mass is 392 g/mol. The summed E-state index contributed by atoms with van der Waals surface area (Å²) in [7, 11) is -5.62. The van der Waals surface area contributed by atoms with E-state index >= 15 is 0 Å². The lowest BCUT2D eigenvalue weighted by Crippen LogP contribution is -2.13. The number of hydrogen-bond acceptors (Lipinski definition) is 7. The Morgan fingerprint density at radius 2 is 1.13 bits per heavy atom. The van der Waals surface area contributed by atoms with Crippen LogP contribution in [0.5, 0.6) is 0 Å². The van der Waals surface area contributed by atoms with Crippen LogP contribution in [0.15, 0.2) is 4.52 Å². The third-order valence-electron chi connectivity index (χ3n) is 1.98. The summed E-state index contributed by atoms with van der Waals surface area (Å²) in [6.45, 7) is 14.3. The van der Waals surface area contributed by atoms with E-state index in [0.29, 0.717) is 39.6 Å². The van der Waals surface area contributed by atoms with E-state index < -0.39 is 24.7 Å². The van der Waals surface area contributed by atoms with Crippen molar-refractivity contribution in [2.75, 3.05) is 39.6 Å². The average molecular weight is 392 g/mol. The summed E-state index contributed by atoms with van der Waals surface area (Å²) >= 11 is 0. The van der Waals surface area contributed by atoms with Crippen LogP contribution in [0.2, 0.25) is 0 Å². The van der Waals surface area contributed by atoms with Crippen molar-refractivity contribution in [1.29, 1.82) is 0 Å². The Hall–Kier alpha value is 0.810.